The van der Waals surface area contributed by atoms with Gasteiger partial charge in [0.15, 0.2) is 0 Å². The maximum atomic E-state index is 10.6. The number of carboxylic acid groups (broad SMARTS) is 1. The van der Waals surface area contributed by atoms with Crippen LogP contribution >= 0.6 is 0 Å². The second-order valence-electron chi connectivity index (χ2n) is 5.86. The third kappa shape index (κ3) is 4.32. The fraction of sp³-hybridized carbons (Fsp3) is 0.562. The molecule has 0 spiro atoms. The molecular weight excluding hydrogens is 252 g/mol. The molecule has 0 amide bonds. The summed E-state index contributed by atoms with van der Waals surface area (Å²) in [5, 5.41) is 8.75. The average Bonchev–Trinajstić information content (AvgIpc) is 2.77. The van der Waals surface area contributed by atoms with E-state index in [2.05, 4.69) is 23.9 Å². The maximum Gasteiger partial charge on any atom is 0.307 e. The minimum Gasteiger partial charge on any atom is -0.481 e. The number of hydrogen-bond donors (Lipinski definition) is 1. The largest absolute Gasteiger partial charge is 0.481 e. The van der Waals surface area contributed by atoms with Crippen LogP contribution in [0.3, 0.4) is 0 Å². The van der Waals surface area contributed by atoms with E-state index >= 15 is 0 Å². The number of nitrogens with zero attached hydrogens (tertiary/aromatic N) is 2. The van der Waals surface area contributed by atoms with E-state index in [-0.39, 0.29) is 6.42 Å². The number of rotatable bonds is 6. The zero-order valence-corrected chi connectivity index (χ0v) is 12.4. The zero-order chi connectivity index (χ0) is 14.5. The zero-order valence-electron chi connectivity index (χ0n) is 12.4. The van der Waals surface area contributed by atoms with Crippen LogP contribution in [0.1, 0.15) is 24.0 Å². The topological polar surface area (TPSA) is 43.8 Å². The lowest BCUT2D eigenvalue weighted by atomic mass is 10.1. The van der Waals surface area contributed by atoms with Crippen molar-refractivity contribution in [1.82, 2.24) is 9.80 Å². The van der Waals surface area contributed by atoms with Crippen LogP contribution in [0, 0.1) is 0 Å². The van der Waals surface area contributed by atoms with Crippen molar-refractivity contribution in [2.24, 2.45) is 0 Å². The van der Waals surface area contributed by atoms with Crippen molar-refractivity contribution >= 4 is 5.97 Å². The Morgan fingerprint density at radius 3 is 2.55 bits per heavy atom. The van der Waals surface area contributed by atoms with E-state index in [9.17, 15) is 4.79 Å². The van der Waals surface area contributed by atoms with Gasteiger partial charge < -0.3 is 14.9 Å². The van der Waals surface area contributed by atoms with Crippen molar-refractivity contribution in [2.45, 2.75) is 31.8 Å². The van der Waals surface area contributed by atoms with Gasteiger partial charge in [0.25, 0.3) is 0 Å². The maximum absolute atomic E-state index is 10.6. The van der Waals surface area contributed by atoms with E-state index in [0.29, 0.717) is 6.04 Å². The molecule has 4 nitrogen and oxygen atoms in total. The van der Waals surface area contributed by atoms with Crippen LogP contribution in [0.2, 0.25) is 0 Å². The molecule has 1 aromatic carbocycles. The van der Waals surface area contributed by atoms with Crippen LogP contribution in [-0.4, -0.2) is 54.1 Å². The summed E-state index contributed by atoms with van der Waals surface area (Å²) in [5.41, 5.74) is 2.10. The molecule has 0 radical (unpaired) electrons. The molecule has 1 heterocycles. The number of carboxylic acids is 1. The van der Waals surface area contributed by atoms with Gasteiger partial charge in [-0.3, -0.25) is 4.79 Å². The molecule has 0 aliphatic carbocycles. The number of hydrogen-bond acceptors (Lipinski definition) is 3. The molecular formula is C16H24N2O2. The van der Waals surface area contributed by atoms with Crippen LogP contribution in [0.5, 0.6) is 0 Å². The molecule has 2 rings (SSSR count). The Bertz CT molecular complexity index is 444. The molecule has 1 aromatic rings. The standard InChI is InChI=1S/C16H24N2O2/c1-17(12-15-4-3-9-18(15)2)11-14-7-5-13(6-8-14)10-16(19)20/h5-8,15H,3-4,9-12H2,1-2H3,(H,19,20). The summed E-state index contributed by atoms with van der Waals surface area (Å²) >= 11 is 0. The Balaban J connectivity index is 1.84. The average molecular weight is 276 g/mol. The molecule has 0 saturated carbocycles. The lowest BCUT2D eigenvalue weighted by Gasteiger charge is -2.25. The first kappa shape index (κ1) is 15.0. The van der Waals surface area contributed by atoms with E-state index in [1.807, 2.05) is 24.3 Å². The summed E-state index contributed by atoms with van der Waals surface area (Å²) in [6, 6.07) is 8.57. The Hall–Kier alpha value is -1.39. The molecule has 1 saturated heterocycles. The molecule has 1 atom stereocenters. The van der Waals surface area contributed by atoms with Gasteiger partial charge in [-0.1, -0.05) is 24.3 Å². The van der Waals surface area contributed by atoms with Gasteiger partial charge in [-0.25, -0.2) is 0 Å². The highest BCUT2D eigenvalue weighted by Gasteiger charge is 2.21. The van der Waals surface area contributed by atoms with E-state index in [1.54, 1.807) is 0 Å². The quantitative estimate of drug-likeness (QED) is 0.861. The summed E-state index contributed by atoms with van der Waals surface area (Å²) in [5.74, 6) is -0.779. The van der Waals surface area contributed by atoms with Crippen LogP contribution in [0.25, 0.3) is 0 Å². The summed E-state index contributed by atoms with van der Waals surface area (Å²) in [6.07, 6.45) is 2.69. The minimum absolute atomic E-state index is 0.100. The Morgan fingerprint density at radius 2 is 2.00 bits per heavy atom. The number of carbonyl (C=O) groups is 1. The van der Waals surface area contributed by atoms with E-state index < -0.39 is 5.97 Å². The van der Waals surface area contributed by atoms with Crippen molar-refractivity contribution in [3.63, 3.8) is 0 Å². The molecule has 1 unspecified atom stereocenters. The molecule has 4 heteroatoms. The molecule has 1 aliphatic rings. The van der Waals surface area contributed by atoms with Gasteiger partial charge in [-0.05, 0) is 44.6 Å². The van der Waals surface area contributed by atoms with E-state index in [4.69, 9.17) is 5.11 Å². The van der Waals surface area contributed by atoms with Crippen LogP contribution < -0.4 is 0 Å². The van der Waals surface area contributed by atoms with E-state index in [0.717, 1.165) is 18.7 Å². The fourth-order valence-corrected chi connectivity index (χ4v) is 2.88. The highest BCUT2D eigenvalue weighted by Crippen LogP contribution is 2.16. The second kappa shape index (κ2) is 6.86. The fourth-order valence-electron chi connectivity index (χ4n) is 2.88. The van der Waals surface area contributed by atoms with Crippen molar-refractivity contribution < 1.29 is 9.90 Å². The number of benzene rings is 1. The highest BCUT2D eigenvalue weighted by molar-refractivity contribution is 5.70. The van der Waals surface area contributed by atoms with Gasteiger partial charge in [0.2, 0.25) is 0 Å². The predicted molar refractivity (Wildman–Crippen MR) is 79.8 cm³/mol. The second-order valence-corrected chi connectivity index (χ2v) is 5.86. The molecule has 1 aliphatic heterocycles. The SMILES string of the molecule is CN(Cc1ccc(CC(=O)O)cc1)CC1CCCN1C. The predicted octanol–water partition coefficient (Wildman–Crippen LogP) is 1.84. The Labute approximate surface area is 121 Å². The molecule has 1 N–H and O–H groups in total. The van der Waals surface area contributed by atoms with Crippen molar-refractivity contribution in [3.05, 3.63) is 35.4 Å². The van der Waals surface area contributed by atoms with Crippen LogP contribution in [0.4, 0.5) is 0 Å². The highest BCUT2D eigenvalue weighted by atomic mass is 16.4. The molecule has 1 fully saturated rings. The van der Waals surface area contributed by atoms with Gasteiger partial charge >= 0.3 is 5.97 Å². The summed E-state index contributed by atoms with van der Waals surface area (Å²) < 4.78 is 0. The Morgan fingerprint density at radius 1 is 1.35 bits per heavy atom. The number of aliphatic carboxylic acids is 1. The van der Waals surface area contributed by atoms with E-state index in [1.165, 1.54) is 24.9 Å². The number of likely N-dealkylation sites (tertiary alicyclic amines) is 1. The van der Waals surface area contributed by atoms with Crippen molar-refractivity contribution in [2.75, 3.05) is 27.2 Å². The third-order valence-electron chi connectivity index (χ3n) is 4.02. The molecule has 110 valence electrons. The smallest absolute Gasteiger partial charge is 0.307 e. The first-order valence-corrected chi connectivity index (χ1v) is 7.23. The first-order chi connectivity index (χ1) is 9.54. The summed E-state index contributed by atoms with van der Waals surface area (Å²) in [7, 11) is 4.35. The number of likely N-dealkylation sites (N-methyl/N-ethyl adjacent to an activating group) is 2. The van der Waals surface area contributed by atoms with Gasteiger partial charge in [0.05, 0.1) is 6.42 Å². The van der Waals surface area contributed by atoms with Gasteiger partial charge in [-0.2, -0.15) is 0 Å². The third-order valence-corrected chi connectivity index (χ3v) is 4.02. The first-order valence-electron chi connectivity index (χ1n) is 7.23. The lowest BCUT2D eigenvalue weighted by Crippen LogP contribution is -2.36. The summed E-state index contributed by atoms with van der Waals surface area (Å²) in [4.78, 5) is 15.4. The monoisotopic (exact) mass is 276 g/mol. The minimum atomic E-state index is -0.779. The molecule has 0 bridgehead atoms. The van der Waals surface area contributed by atoms with Crippen LogP contribution in [-0.2, 0) is 17.8 Å². The molecule has 20 heavy (non-hydrogen) atoms. The van der Waals surface area contributed by atoms with Gasteiger partial charge in [0.1, 0.15) is 0 Å². The van der Waals surface area contributed by atoms with Crippen LogP contribution in [0.15, 0.2) is 24.3 Å². The Kier molecular flexibility index (Phi) is 5.15. The van der Waals surface area contributed by atoms with Gasteiger partial charge in [-0.15, -0.1) is 0 Å². The molecule has 0 aromatic heterocycles. The summed E-state index contributed by atoms with van der Waals surface area (Å²) in [6.45, 7) is 3.22. The normalized spacial score (nSPS) is 19.6. The van der Waals surface area contributed by atoms with Crippen molar-refractivity contribution in [3.8, 4) is 0 Å². The van der Waals surface area contributed by atoms with Gasteiger partial charge in [0, 0.05) is 19.1 Å². The lowest BCUT2D eigenvalue weighted by molar-refractivity contribution is -0.136. The van der Waals surface area contributed by atoms with Crippen molar-refractivity contribution in [1.29, 1.82) is 0 Å².